The minimum Gasteiger partial charge on any atom is -0.481 e. The molecule has 0 bridgehead atoms. The SMILES string of the molecule is C.CC(=O)O.[Ti]. The van der Waals surface area contributed by atoms with Crippen molar-refractivity contribution in [3.63, 3.8) is 0 Å². The van der Waals surface area contributed by atoms with Crippen LogP contribution in [-0.4, -0.2) is 11.1 Å². The molecule has 36 valence electrons. The summed E-state index contributed by atoms with van der Waals surface area (Å²) >= 11 is 0. The first-order chi connectivity index (χ1) is 1.73. The van der Waals surface area contributed by atoms with Crippen LogP contribution in [0.3, 0.4) is 0 Å². The first-order valence-corrected chi connectivity index (χ1v) is 0.928. The maximum absolute atomic E-state index is 9.00. The predicted molar refractivity (Wildman–Crippen MR) is 20.0 cm³/mol. The third kappa shape index (κ3) is 1250. The van der Waals surface area contributed by atoms with Gasteiger partial charge in [-0.05, 0) is 0 Å². The number of hydrogen-bond acceptors (Lipinski definition) is 1. The van der Waals surface area contributed by atoms with Crippen LogP contribution in [-0.2, 0) is 26.5 Å². The molecule has 0 atom stereocenters. The van der Waals surface area contributed by atoms with Gasteiger partial charge in [0.15, 0.2) is 0 Å². The number of aliphatic carboxylic acids is 1. The van der Waals surface area contributed by atoms with Gasteiger partial charge in [-0.3, -0.25) is 4.79 Å². The fourth-order valence-electron chi connectivity index (χ4n) is 0. The molecule has 0 unspecified atom stereocenters. The van der Waals surface area contributed by atoms with E-state index in [-0.39, 0.29) is 29.1 Å². The van der Waals surface area contributed by atoms with Gasteiger partial charge in [0.05, 0.1) is 0 Å². The Morgan fingerprint density at radius 3 is 1.67 bits per heavy atom. The van der Waals surface area contributed by atoms with E-state index in [9.17, 15) is 0 Å². The largest absolute Gasteiger partial charge is 0.481 e. The van der Waals surface area contributed by atoms with Gasteiger partial charge in [0.25, 0.3) is 5.97 Å². The van der Waals surface area contributed by atoms with Crippen molar-refractivity contribution in [2.24, 2.45) is 0 Å². The van der Waals surface area contributed by atoms with E-state index in [1.54, 1.807) is 0 Å². The summed E-state index contributed by atoms with van der Waals surface area (Å²) in [6.45, 7) is 1.08. The van der Waals surface area contributed by atoms with Crippen molar-refractivity contribution in [3.05, 3.63) is 0 Å². The van der Waals surface area contributed by atoms with Crippen molar-refractivity contribution in [2.45, 2.75) is 14.4 Å². The molecular weight excluding hydrogens is 116 g/mol. The van der Waals surface area contributed by atoms with Crippen LogP contribution in [0.2, 0.25) is 0 Å². The Morgan fingerprint density at radius 1 is 1.67 bits per heavy atom. The summed E-state index contributed by atoms with van der Waals surface area (Å²) in [4.78, 5) is 9.00. The summed E-state index contributed by atoms with van der Waals surface area (Å²) < 4.78 is 0. The molecule has 2 nitrogen and oxygen atoms in total. The molecule has 0 radical (unpaired) electrons. The standard InChI is InChI=1S/C2H4O2.CH4.Ti/c1-2(3)4;;/h1H3,(H,3,4);1H4;. The molecule has 0 amide bonds. The Labute approximate surface area is 52.4 Å². The average Bonchev–Trinajstić information content (AvgIpc) is 0.811. The molecule has 0 rings (SSSR count). The van der Waals surface area contributed by atoms with Gasteiger partial charge < -0.3 is 5.11 Å². The van der Waals surface area contributed by atoms with Crippen LogP contribution in [0, 0.1) is 0 Å². The molecule has 0 saturated heterocycles. The van der Waals surface area contributed by atoms with Gasteiger partial charge in [-0.1, -0.05) is 7.43 Å². The van der Waals surface area contributed by atoms with E-state index in [2.05, 4.69) is 0 Å². The van der Waals surface area contributed by atoms with Gasteiger partial charge in [-0.25, -0.2) is 0 Å². The maximum Gasteiger partial charge on any atom is 0.300 e. The summed E-state index contributed by atoms with van der Waals surface area (Å²) in [6, 6.07) is 0. The zero-order valence-corrected chi connectivity index (χ0v) is 4.42. The number of carboxylic acids is 1. The minimum absolute atomic E-state index is 0. The fraction of sp³-hybridized carbons (Fsp3) is 0.667. The second kappa shape index (κ2) is 8.95. The second-order valence-electron chi connectivity index (χ2n) is 0.519. The molecule has 0 aliphatic carbocycles. The van der Waals surface area contributed by atoms with Gasteiger partial charge in [0.2, 0.25) is 0 Å². The average molecular weight is 124 g/mol. The molecule has 0 aromatic heterocycles. The van der Waals surface area contributed by atoms with E-state index in [0.29, 0.717) is 0 Å². The molecule has 0 aromatic carbocycles. The monoisotopic (exact) mass is 124 g/mol. The van der Waals surface area contributed by atoms with Crippen LogP contribution in [0.5, 0.6) is 0 Å². The smallest absolute Gasteiger partial charge is 0.300 e. The van der Waals surface area contributed by atoms with Crippen molar-refractivity contribution in [1.82, 2.24) is 0 Å². The van der Waals surface area contributed by atoms with Crippen molar-refractivity contribution in [3.8, 4) is 0 Å². The van der Waals surface area contributed by atoms with Crippen LogP contribution in [0.4, 0.5) is 0 Å². The number of carboxylic acid groups (broad SMARTS) is 1. The molecule has 0 saturated carbocycles. The number of hydrogen-bond donors (Lipinski definition) is 1. The van der Waals surface area contributed by atoms with Crippen LogP contribution in [0.1, 0.15) is 14.4 Å². The Balaban J connectivity index is -0.0000000450. The zero-order chi connectivity index (χ0) is 3.58. The molecule has 0 fully saturated rings. The number of rotatable bonds is 0. The first-order valence-electron chi connectivity index (χ1n) is 0.928. The van der Waals surface area contributed by atoms with E-state index in [4.69, 9.17) is 9.90 Å². The third-order valence-corrected chi connectivity index (χ3v) is 0. The van der Waals surface area contributed by atoms with Crippen LogP contribution in [0.15, 0.2) is 0 Å². The third-order valence-electron chi connectivity index (χ3n) is 0. The molecule has 0 heterocycles. The van der Waals surface area contributed by atoms with Gasteiger partial charge in [-0.15, -0.1) is 0 Å². The molecular formula is C3H8O2Ti. The molecule has 0 aromatic rings. The molecule has 0 aliphatic rings. The van der Waals surface area contributed by atoms with E-state index < -0.39 is 5.97 Å². The van der Waals surface area contributed by atoms with E-state index in [0.717, 1.165) is 6.92 Å². The summed E-state index contributed by atoms with van der Waals surface area (Å²) in [5.41, 5.74) is 0. The van der Waals surface area contributed by atoms with Gasteiger partial charge >= 0.3 is 0 Å². The minimum atomic E-state index is -0.833. The van der Waals surface area contributed by atoms with Gasteiger partial charge in [0, 0.05) is 28.6 Å². The quantitative estimate of drug-likeness (QED) is 0.483. The predicted octanol–water partition coefficient (Wildman–Crippen LogP) is 0.724. The Bertz CT molecular complexity index is 31.8. The second-order valence-corrected chi connectivity index (χ2v) is 0.519. The molecule has 6 heavy (non-hydrogen) atoms. The number of carbonyl (C=O) groups is 1. The van der Waals surface area contributed by atoms with Crippen LogP contribution < -0.4 is 0 Å². The molecule has 3 heteroatoms. The molecule has 0 spiro atoms. The van der Waals surface area contributed by atoms with Gasteiger partial charge in [-0.2, -0.15) is 0 Å². The van der Waals surface area contributed by atoms with Crippen LogP contribution >= 0.6 is 0 Å². The van der Waals surface area contributed by atoms with Gasteiger partial charge in [0.1, 0.15) is 0 Å². The van der Waals surface area contributed by atoms with Crippen molar-refractivity contribution in [2.75, 3.05) is 0 Å². The Morgan fingerprint density at radius 2 is 1.67 bits per heavy atom. The summed E-state index contributed by atoms with van der Waals surface area (Å²) in [7, 11) is 0. The van der Waals surface area contributed by atoms with E-state index >= 15 is 0 Å². The van der Waals surface area contributed by atoms with Crippen LogP contribution in [0.25, 0.3) is 0 Å². The van der Waals surface area contributed by atoms with Crippen molar-refractivity contribution < 1.29 is 31.6 Å². The summed E-state index contributed by atoms with van der Waals surface area (Å²) in [6.07, 6.45) is 0. The summed E-state index contributed by atoms with van der Waals surface area (Å²) in [5, 5.41) is 7.42. The van der Waals surface area contributed by atoms with Crippen molar-refractivity contribution in [1.29, 1.82) is 0 Å². The topological polar surface area (TPSA) is 37.3 Å². The van der Waals surface area contributed by atoms with Crippen molar-refractivity contribution >= 4 is 5.97 Å². The first kappa shape index (κ1) is 16.4. The molecule has 1 N–H and O–H groups in total. The van der Waals surface area contributed by atoms with E-state index in [1.165, 1.54) is 0 Å². The molecule has 0 aliphatic heterocycles. The fourth-order valence-corrected chi connectivity index (χ4v) is 0. The Kier molecular flexibility index (Phi) is 24.5. The maximum atomic E-state index is 9.00. The van der Waals surface area contributed by atoms with E-state index in [1.807, 2.05) is 0 Å². The normalized spacial score (nSPS) is 4.17. The Hall–Kier alpha value is 0.184. The summed E-state index contributed by atoms with van der Waals surface area (Å²) in [5.74, 6) is -0.833. The zero-order valence-electron chi connectivity index (χ0n) is 2.86.